The van der Waals surface area contributed by atoms with Crippen molar-refractivity contribution in [1.29, 1.82) is 0 Å². The van der Waals surface area contributed by atoms with Crippen LogP contribution in [0, 0.1) is 0 Å². The van der Waals surface area contributed by atoms with E-state index in [4.69, 9.17) is 9.47 Å². The van der Waals surface area contributed by atoms with Gasteiger partial charge in [-0.05, 0) is 18.2 Å². The summed E-state index contributed by atoms with van der Waals surface area (Å²) in [6.45, 7) is 0. The molecule has 0 unspecified atom stereocenters. The molecule has 0 atom stereocenters. The Kier molecular flexibility index (Phi) is 5.38. The minimum atomic E-state index is -4.06. The number of rotatable bonds is 7. The molecule has 0 aliphatic carbocycles. The molecule has 4 rings (SSSR count). The lowest BCUT2D eigenvalue weighted by molar-refractivity contribution is 0.355. The van der Waals surface area contributed by atoms with Crippen molar-refractivity contribution in [2.75, 3.05) is 24.3 Å². The minimum Gasteiger partial charge on any atom is -0.493 e. The number of methoxy groups -OCH3 is 2. The molecule has 0 radical (unpaired) electrons. The molecule has 0 spiro atoms. The van der Waals surface area contributed by atoms with Crippen LogP contribution in [0.4, 0.5) is 16.8 Å². The summed E-state index contributed by atoms with van der Waals surface area (Å²) < 4.78 is 39.4. The van der Waals surface area contributed by atoms with Crippen molar-refractivity contribution in [3.05, 3.63) is 54.0 Å². The monoisotopic (exact) mass is 443 g/mol. The number of hydrogen-bond acceptors (Lipinski definition) is 9. The van der Waals surface area contributed by atoms with Crippen molar-refractivity contribution >= 4 is 49.0 Å². The Hall–Kier alpha value is -3.44. The lowest BCUT2D eigenvalue weighted by Gasteiger charge is -2.14. The lowest BCUT2D eigenvalue weighted by atomic mass is 10.2. The second-order valence-corrected chi connectivity index (χ2v) is 8.50. The van der Waals surface area contributed by atoms with Gasteiger partial charge in [-0.3, -0.25) is 4.72 Å². The Bertz CT molecular complexity index is 1280. The first-order valence-electron chi connectivity index (χ1n) is 8.68. The van der Waals surface area contributed by atoms with Crippen molar-refractivity contribution in [3.63, 3.8) is 0 Å². The molecular weight excluding hydrogens is 426 g/mol. The van der Waals surface area contributed by atoms with Gasteiger partial charge in [0, 0.05) is 28.7 Å². The minimum absolute atomic E-state index is 0.125. The Morgan fingerprint density at radius 1 is 1.00 bits per heavy atom. The summed E-state index contributed by atoms with van der Waals surface area (Å²) in [6.07, 6.45) is 1.51. The zero-order valence-electron chi connectivity index (χ0n) is 16.0. The highest BCUT2D eigenvalue weighted by Crippen LogP contribution is 2.35. The molecule has 11 heteroatoms. The lowest BCUT2D eigenvalue weighted by Crippen LogP contribution is -2.16. The number of anilines is 3. The average molecular weight is 444 g/mol. The van der Waals surface area contributed by atoms with E-state index in [0.717, 1.165) is 0 Å². The van der Waals surface area contributed by atoms with Gasteiger partial charge in [0.05, 0.1) is 19.7 Å². The van der Waals surface area contributed by atoms with Gasteiger partial charge in [0.25, 0.3) is 10.0 Å². The molecule has 0 fully saturated rings. The fraction of sp³-hybridized carbons (Fsp3) is 0.105. The number of hydrogen-bond donors (Lipinski definition) is 2. The second kappa shape index (κ2) is 8.13. The van der Waals surface area contributed by atoms with Gasteiger partial charge < -0.3 is 14.8 Å². The first-order chi connectivity index (χ1) is 14.5. The second-order valence-electron chi connectivity index (χ2n) is 6.01. The number of thiazole rings is 1. The normalized spacial score (nSPS) is 11.3. The van der Waals surface area contributed by atoms with E-state index in [-0.39, 0.29) is 21.5 Å². The fourth-order valence-electron chi connectivity index (χ4n) is 2.78. The summed E-state index contributed by atoms with van der Waals surface area (Å²) in [7, 11) is -1.09. The van der Waals surface area contributed by atoms with E-state index < -0.39 is 10.0 Å². The maximum atomic E-state index is 13.1. The van der Waals surface area contributed by atoms with E-state index in [1.807, 2.05) is 30.3 Å². The third-order valence-corrected chi connectivity index (χ3v) is 6.20. The first-order valence-corrected chi connectivity index (χ1v) is 11.0. The van der Waals surface area contributed by atoms with Crippen LogP contribution in [0.5, 0.6) is 11.5 Å². The van der Waals surface area contributed by atoms with Crippen LogP contribution in [0.3, 0.4) is 0 Å². The predicted octanol–water partition coefficient (Wildman–Crippen LogP) is 3.65. The summed E-state index contributed by atoms with van der Waals surface area (Å²) >= 11 is 1.17. The van der Waals surface area contributed by atoms with Gasteiger partial charge in [-0.2, -0.15) is 13.4 Å². The predicted molar refractivity (Wildman–Crippen MR) is 115 cm³/mol. The summed E-state index contributed by atoms with van der Waals surface area (Å²) in [6, 6.07) is 12.4. The fourth-order valence-corrected chi connectivity index (χ4v) is 4.71. The van der Waals surface area contributed by atoms with Gasteiger partial charge >= 0.3 is 0 Å². The average Bonchev–Trinajstić information content (AvgIpc) is 3.25. The number of para-hydroxylation sites is 1. The Morgan fingerprint density at radius 2 is 1.73 bits per heavy atom. The van der Waals surface area contributed by atoms with Gasteiger partial charge in [-0.15, -0.1) is 11.3 Å². The molecule has 0 aliphatic heterocycles. The molecule has 2 heterocycles. The third kappa shape index (κ3) is 3.98. The number of ether oxygens (including phenoxy) is 2. The van der Waals surface area contributed by atoms with E-state index in [1.54, 1.807) is 11.4 Å². The molecule has 0 saturated heterocycles. The smallest absolute Gasteiger partial charge is 0.281 e. The highest BCUT2D eigenvalue weighted by atomic mass is 32.2. The molecule has 2 N–H and O–H groups in total. The van der Waals surface area contributed by atoms with Crippen LogP contribution in [0.2, 0.25) is 0 Å². The Balaban J connectivity index is 1.90. The quantitative estimate of drug-likeness (QED) is 0.416. The van der Waals surface area contributed by atoms with Gasteiger partial charge in [0.1, 0.15) is 0 Å². The molecule has 0 aliphatic rings. The molecule has 30 heavy (non-hydrogen) atoms. The molecule has 4 aromatic rings. The van der Waals surface area contributed by atoms with Crippen LogP contribution < -0.4 is 19.5 Å². The van der Waals surface area contributed by atoms with E-state index in [2.05, 4.69) is 25.0 Å². The van der Waals surface area contributed by atoms with Crippen molar-refractivity contribution in [2.45, 2.75) is 5.03 Å². The van der Waals surface area contributed by atoms with Crippen LogP contribution in [0.25, 0.3) is 10.9 Å². The van der Waals surface area contributed by atoms with Gasteiger partial charge in [0.15, 0.2) is 21.7 Å². The molecule has 154 valence electrons. The Labute approximate surface area is 176 Å². The molecule has 9 nitrogen and oxygen atoms in total. The zero-order valence-corrected chi connectivity index (χ0v) is 17.6. The molecule has 2 aromatic heterocycles. The van der Waals surface area contributed by atoms with Crippen molar-refractivity contribution in [1.82, 2.24) is 15.0 Å². The number of fused-ring (bicyclic) bond motifs is 1. The number of sulfonamides is 1. The van der Waals surface area contributed by atoms with E-state index in [9.17, 15) is 8.42 Å². The topological polar surface area (TPSA) is 115 Å². The van der Waals surface area contributed by atoms with Gasteiger partial charge in [-0.1, -0.05) is 18.2 Å². The van der Waals surface area contributed by atoms with Crippen molar-refractivity contribution in [3.8, 4) is 11.5 Å². The van der Waals surface area contributed by atoms with Crippen LogP contribution in [-0.4, -0.2) is 37.6 Å². The summed E-state index contributed by atoms with van der Waals surface area (Å²) in [5.74, 6) is 0.911. The van der Waals surface area contributed by atoms with Crippen LogP contribution in [0.1, 0.15) is 0 Å². The number of nitrogens with one attached hydrogen (secondary N) is 2. The summed E-state index contributed by atoms with van der Waals surface area (Å²) in [5.41, 5.74) is 1.09. The van der Waals surface area contributed by atoms with Gasteiger partial charge in [-0.25, -0.2) is 9.97 Å². The maximum Gasteiger partial charge on any atom is 0.281 e. The van der Waals surface area contributed by atoms with Gasteiger partial charge in [0.2, 0.25) is 5.95 Å². The Morgan fingerprint density at radius 3 is 2.40 bits per heavy atom. The first kappa shape index (κ1) is 19.9. The number of nitrogens with zero attached hydrogens (tertiary/aromatic N) is 3. The van der Waals surface area contributed by atoms with Crippen LogP contribution in [0.15, 0.2) is 59.1 Å². The SMILES string of the molecule is COc1cc2nc(Nc3ccccc3)nc(S(=O)(=O)Nc3nccs3)c2cc1OC. The van der Waals surface area contributed by atoms with E-state index >= 15 is 0 Å². The molecule has 0 bridgehead atoms. The van der Waals surface area contributed by atoms with Crippen molar-refractivity contribution in [2.24, 2.45) is 0 Å². The largest absolute Gasteiger partial charge is 0.493 e. The standard InChI is InChI=1S/C19H17N5O4S2/c1-27-15-10-13-14(11-16(15)28-2)22-18(21-12-6-4-3-5-7-12)23-17(13)30(25,26)24-19-20-8-9-29-19/h3-11H,1-2H3,(H,20,24)(H,21,22,23). The zero-order chi connectivity index (χ0) is 21.1. The molecular formula is C19H17N5O4S2. The highest BCUT2D eigenvalue weighted by Gasteiger charge is 2.24. The van der Waals surface area contributed by atoms with E-state index in [0.29, 0.717) is 22.7 Å². The number of aromatic nitrogens is 3. The summed E-state index contributed by atoms with van der Waals surface area (Å²) in [5, 5.41) is 5.02. The highest BCUT2D eigenvalue weighted by molar-refractivity contribution is 7.93. The van der Waals surface area contributed by atoms with Crippen molar-refractivity contribution < 1.29 is 17.9 Å². The summed E-state index contributed by atoms with van der Waals surface area (Å²) in [4.78, 5) is 12.7. The molecule has 2 aromatic carbocycles. The molecule has 0 saturated carbocycles. The van der Waals surface area contributed by atoms with Crippen LogP contribution in [-0.2, 0) is 10.0 Å². The van der Waals surface area contributed by atoms with Crippen LogP contribution >= 0.6 is 11.3 Å². The number of benzene rings is 2. The molecule has 0 amide bonds. The van der Waals surface area contributed by atoms with E-state index in [1.165, 1.54) is 37.8 Å². The third-order valence-electron chi connectivity index (χ3n) is 4.10. The maximum absolute atomic E-state index is 13.1.